The van der Waals surface area contributed by atoms with Gasteiger partial charge < -0.3 is 14.5 Å². The lowest BCUT2D eigenvalue weighted by Crippen LogP contribution is -2.41. The minimum absolute atomic E-state index is 0.0384. The molecule has 140 valence electrons. The van der Waals surface area contributed by atoms with Crippen molar-refractivity contribution >= 4 is 18.0 Å². The van der Waals surface area contributed by atoms with E-state index in [1.807, 2.05) is 26.8 Å². The maximum Gasteiger partial charge on any atom is 0.338 e. The molecule has 27 heavy (non-hydrogen) atoms. The molecule has 0 fully saturated rings. The largest absolute Gasteiger partial charge is 0.462 e. The monoisotopic (exact) mass is 366 g/mol. The Hall–Kier alpha value is -3.33. The molecule has 0 aliphatic heterocycles. The van der Waals surface area contributed by atoms with Gasteiger partial charge >= 0.3 is 5.97 Å². The van der Waals surface area contributed by atoms with Crippen molar-refractivity contribution in [1.29, 1.82) is 5.26 Å². The Kier molecular flexibility index (Phi) is 6.19. The van der Waals surface area contributed by atoms with Crippen LogP contribution in [-0.2, 0) is 9.53 Å². The van der Waals surface area contributed by atoms with E-state index < -0.39 is 11.4 Å². The van der Waals surface area contributed by atoms with E-state index in [2.05, 4.69) is 5.32 Å². The maximum absolute atomic E-state index is 12.1. The van der Waals surface area contributed by atoms with Crippen molar-refractivity contribution in [2.45, 2.75) is 33.2 Å². The van der Waals surface area contributed by atoms with Crippen molar-refractivity contribution < 1.29 is 18.7 Å². The van der Waals surface area contributed by atoms with Gasteiger partial charge in [0.2, 0.25) is 0 Å². The van der Waals surface area contributed by atoms with Crippen molar-refractivity contribution in [3.63, 3.8) is 0 Å². The van der Waals surface area contributed by atoms with Crippen molar-refractivity contribution in [2.24, 2.45) is 0 Å². The summed E-state index contributed by atoms with van der Waals surface area (Å²) in [5.41, 5.74) is 0.740. The van der Waals surface area contributed by atoms with E-state index in [4.69, 9.17) is 9.15 Å². The number of esters is 1. The lowest BCUT2D eigenvalue weighted by atomic mass is 10.1. The van der Waals surface area contributed by atoms with Crippen LogP contribution in [0.4, 0.5) is 0 Å². The van der Waals surface area contributed by atoms with Gasteiger partial charge in [-0.25, -0.2) is 4.79 Å². The van der Waals surface area contributed by atoms with E-state index in [1.54, 1.807) is 43.3 Å². The predicted octanol–water partition coefficient (Wildman–Crippen LogP) is 3.94. The van der Waals surface area contributed by atoms with Crippen LogP contribution in [0.3, 0.4) is 0 Å². The summed E-state index contributed by atoms with van der Waals surface area (Å²) in [4.78, 5) is 23.8. The molecule has 1 N–H and O–H groups in total. The molecule has 0 radical (unpaired) electrons. The van der Waals surface area contributed by atoms with E-state index in [0.717, 1.165) is 5.56 Å². The summed E-state index contributed by atoms with van der Waals surface area (Å²) >= 11 is 0. The summed E-state index contributed by atoms with van der Waals surface area (Å²) in [6.45, 7) is 7.58. The molecule has 6 heteroatoms. The quantitative estimate of drug-likeness (QED) is 0.491. The van der Waals surface area contributed by atoms with Crippen molar-refractivity contribution in [3.05, 3.63) is 53.3 Å². The van der Waals surface area contributed by atoms with Gasteiger partial charge in [-0.15, -0.1) is 0 Å². The van der Waals surface area contributed by atoms with Gasteiger partial charge in [0, 0.05) is 17.2 Å². The van der Waals surface area contributed by atoms with Gasteiger partial charge in [0.1, 0.15) is 23.2 Å². The SMILES string of the molecule is CCOC(=O)c1ccc(-c2ccc(/C=C(\C#N)C(=O)NC(C)(C)C)o2)cc1. The Bertz CT molecular complexity index is 893. The van der Waals surface area contributed by atoms with Crippen LogP contribution in [-0.4, -0.2) is 24.0 Å². The normalized spacial score (nSPS) is 11.6. The number of nitriles is 1. The van der Waals surface area contributed by atoms with Gasteiger partial charge in [0.25, 0.3) is 5.91 Å². The predicted molar refractivity (Wildman–Crippen MR) is 102 cm³/mol. The summed E-state index contributed by atoms with van der Waals surface area (Å²) in [6, 6.07) is 12.1. The van der Waals surface area contributed by atoms with E-state index in [9.17, 15) is 14.9 Å². The van der Waals surface area contributed by atoms with Crippen LogP contribution in [0.2, 0.25) is 0 Å². The third-order valence-electron chi connectivity index (χ3n) is 3.45. The molecular formula is C21H22N2O4. The minimum Gasteiger partial charge on any atom is -0.462 e. The highest BCUT2D eigenvalue weighted by molar-refractivity contribution is 6.01. The number of nitrogens with one attached hydrogen (secondary N) is 1. The molecule has 1 amide bonds. The molecule has 1 aromatic carbocycles. The average Bonchev–Trinajstić information content (AvgIpc) is 3.07. The first-order valence-electron chi connectivity index (χ1n) is 8.55. The Morgan fingerprint density at radius 1 is 1.19 bits per heavy atom. The lowest BCUT2D eigenvalue weighted by molar-refractivity contribution is -0.118. The molecule has 2 rings (SSSR count). The Morgan fingerprint density at radius 2 is 1.85 bits per heavy atom. The first kappa shape index (κ1) is 20.0. The van der Waals surface area contributed by atoms with Crippen LogP contribution < -0.4 is 5.32 Å². The van der Waals surface area contributed by atoms with Crippen molar-refractivity contribution in [1.82, 2.24) is 5.32 Å². The summed E-state index contributed by atoms with van der Waals surface area (Å²) in [5, 5.41) is 12.0. The second-order valence-corrected chi connectivity index (χ2v) is 6.87. The fourth-order valence-corrected chi connectivity index (χ4v) is 2.27. The van der Waals surface area contributed by atoms with Gasteiger partial charge in [-0.2, -0.15) is 5.26 Å². The number of hydrogen-bond acceptors (Lipinski definition) is 5. The zero-order valence-corrected chi connectivity index (χ0v) is 15.8. The molecule has 0 aliphatic rings. The van der Waals surface area contributed by atoms with Gasteiger partial charge in [-0.1, -0.05) is 12.1 Å². The molecule has 0 unspecified atom stereocenters. The molecule has 6 nitrogen and oxygen atoms in total. The number of nitrogens with zero attached hydrogens (tertiary/aromatic N) is 1. The van der Waals surface area contributed by atoms with Crippen LogP contribution in [0, 0.1) is 11.3 Å². The second kappa shape index (κ2) is 8.37. The van der Waals surface area contributed by atoms with Crippen molar-refractivity contribution in [2.75, 3.05) is 6.61 Å². The molecule has 1 heterocycles. The van der Waals surface area contributed by atoms with Crippen LogP contribution in [0.25, 0.3) is 17.4 Å². The van der Waals surface area contributed by atoms with Gasteiger partial charge in [-0.3, -0.25) is 4.79 Å². The molecule has 0 aliphatic carbocycles. The molecule has 0 spiro atoms. The molecule has 1 aromatic heterocycles. The van der Waals surface area contributed by atoms with E-state index in [1.165, 1.54) is 6.08 Å². The summed E-state index contributed by atoms with van der Waals surface area (Å²) in [6.07, 6.45) is 1.40. The number of rotatable bonds is 5. The number of carbonyl (C=O) groups is 2. The molecule has 2 aromatic rings. The van der Waals surface area contributed by atoms with E-state index in [0.29, 0.717) is 23.7 Å². The van der Waals surface area contributed by atoms with Crippen molar-refractivity contribution in [3.8, 4) is 17.4 Å². The third-order valence-corrected chi connectivity index (χ3v) is 3.45. The van der Waals surface area contributed by atoms with E-state index in [-0.39, 0.29) is 11.5 Å². The topological polar surface area (TPSA) is 92.3 Å². The Labute approximate surface area is 158 Å². The first-order chi connectivity index (χ1) is 12.7. The van der Waals surface area contributed by atoms with Crippen LogP contribution in [0.5, 0.6) is 0 Å². The first-order valence-corrected chi connectivity index (χ1v) is 8.55. The van der Waals surface area contributed by atoms with Gasteiger partial charge in [-0.05, 0) is 52.0 Å². The minimum atomic E-state index is -0.457. The fourth-order valence-electron chi connectivity index (χ4n) is 2.27. The second-order valence-electron chi connectivity index (χ2n) is 6.87. The average molecular weight is 366 g/mol. The smallest absolute Gasteiger partial charge is 0.338 e. The lowest BCUT2D eigenvalue weighted by Gasteiger charge is -2.19. The summed E-state index contributed by atoms with van der Waals surface area (Å²) < 4.78 is 10.7. The third kappa shape index (κ3) is 5.58. The standard InChI is InChI=1S/C21H22N2O4/c1-5-26-20(25)15-8-6-14(7-9-15)18-11-10-17(27-18)12-16(13-22)19(24)23-21(2,3)4/h6-12H,5H2,1-4H3,(H,23,24)/b16-12+. The maximum atomic E-state index is 12.1. The highest BCUT2D eigenvalue weighted by Gasteiger charge is 2.18. The fraction of sp³-hybridized carbons (Fsp3) is 0.286. The van der Waals surface area contributed by atoms with E-state index >= 15 is 0 Å². The summed E-state index contributed by atoms with van der Waals surface area (Å²) in [5.74, 6) is 0.114. The zero-order chi connectivity index (χ0) is 20.0. The number of amides is 1. The molecule has 0 atom stereocenters. The number of furan rings is 1. The summed E-state index contributed by atoms with van der Waals surface area (Å²) in [7, 11) is 0. The highest BCUT2D eigenvalue weighted by atomic mass is 16.5. The molecular weight excluding hydrogens is 344 g/mol. The number of benzene rings is 1. The zero-order valence-electron chi connectivity index (χ0n) is 15.8. The Balaban J connectivity index is 2.19. The van der Waals surface area contributed by atoms with Crippen LogP contribution in [0.1, 0.15) is 43.8 Å². The number of carbonyl (C=O) groups excluding carboxylic acids is 2. The molecule has 0 bridgehead atoms. The number of ether oxygens (including phenoxy) is 1. The molecule has 0 saturated carbocycles. The van der Waals surface area contributed by atoms with Gasteiger partial charge in [0.15, 0.2) is 0 Å². The Morgan fingerprint density at radius 3 is 2.41 bits per heavy atom. The van der Waals surface area contributed by atoms with Crippen LogP contribution in [0.15, 0.2) is 46.4 Å². The highest BCUT2D eigenvalue weighted by Crippen LogP contribution is 2.24. The van der Waals surface area contributed by atoms with Gasteiger partial charge in [0.05, 0.1) is 12.2 Å². The number of hydrogen-bond donors (Lipinski definition) is 1. The molecule has 0 saturated heterocycles. The van der Waals surface area contributed by atoms with Crippen LogP contribution >= 0.6 is 0 Å².